The van der Waals surface area contributed by atoms with E-state index in [4.69, 9.17) is 0 Å². The van der Waals surface area contributed by atoms with Crippen molar-refractivity contribution in [1.82, 2.24) is 20.6 Å². The highest BCUT2D eigenvalue weighted by molar-refractivity contribution is 5.79. The fourth-order valence-electron chi connectivity index (χ4n) is 2.80. The van der Waals surface area contributed by atoms with E-state index in [1.807, 2.05) is 31.2 Å². The van der Waals surface area contributed by atoms with E-state index in [9.17, 15) is 9.59 Å². The summed E-state index contributed by atoms with van der Waals surface area (Å²) in [5, 5.41) is 5.85. The number of H-pyrrole nitrogens is 1. The Morgan fingerprint density at radius 2 is 2.23 bits per heavy atom. The summed E-state index contributed by atoms with van der Waals surface area (Å²) < 4.78 is 0. The van der Waals surface area contributed by atoms with Crippen LogP contribution in [-0.2, 0) is 16.0 Å². The van der Waals surface area contributed by atoms with E-state index < -0.39 is 0 Å². The van der Waals surface area contributed by atoms with Crippen LogP contribution in [0.1, 0.15) is 32.0 Å². The molecular formula is C16H20N4O2. The molecule has 1 aromatic heterocycles. The smallest absolute Gasteiger partial charge is 0.220 e. The summed E-state index contributed by atoms with van der Waals surface area (Å²) in [5.74, 6) is 0.870. The predicted octanol–water partition coefficient (Wildman–Crippen LogP) is 1.28. The van der Waals surface area contributed by atoms with Crippen molar-refractivity contribution in [3.05, 3.63) is 30.1 Å². The zero-order chi connectivity index (χ0) is 15.5. The van der Waals surface area contributed by atoms with Gasteiger partial charge in [0.05, 0.1) is 11.0 Å². The van der Waals surface area contributed by atoms with Crippen LogP contribution < -0.4 is 10.6 Å². The van der Waals surface area contributed by atoms with Crippen LogP contribution in [0.5, 0.6) is 0 Å². The SMILES string of the molecule is CC1NC(=O)CCC1NC(=O)CCc1nc2ccccc2[nH]1. The largest absolute Gasteiger partial charge is 0.352 e. The molecule has 22 heavy (non-hydrogen) atoms. The molecule has 2 amide bonds. The number of piperidine rings is 1. The lowest BCUT2D eigenvalue weighted by atomic mass is 9.99. The third-order valence-electron chi connectivity index (χ3n) is 4.05. The molecule has 0 bridgehead atoms. The molecule has 0 spiro atoms. The van der Waals surface area contributed by atoms with Crippen LogP contribution in [-0.4, -0.2) is 33.9 Å². The van der Waals surface area contributed by atoms with E-state index in [1.54, 1.807) is 0 Å². The Kier molecular flexibility index (Phi) is 4.09. The number of hydrogen-bond acceptors (Lipinski definition) is 3. The van der Waals surface area contributed by atoms with E-state index in [-0.39, 0.29) is 23.9 Å². The number of aryl methyl sites for hydroxylation is 1. The Balaban J connectivity index is 1.52. The van der Waals surface area contributed by atoms with Gasteiger partial charge in [0.15, 0.2) is 0 Å². The van der Waals surface area contributed by atoms with E-state index in [0.29, 0.717) is 25.7 Å². The van der Waals surface area contributed by atoms with E-state index in [0.717, 1.165) is 16.9 Å². The molecule has 2 unspecified atom stereocenters. The van der Waals surface area contributed by atoms with Crippen molar-refractivity contribution in [1.29, 1.82) is 0 Å². The molecule has 1 aliphatic rings. The molecule has 1 saturated heterocycles. The van der Waals surface area contributed by atoms with Gasteiger partial charge < -0.3 is 15.6 Å². The van der Waals surface area contributed by atoms with Gasteiger partial charge in [-0.15, -0.1) is 0 Å². The molecule has 2 atom stereocenters. The minimum absolute atomic E-state index is 0.00606. The number of carbonyl (C=O) groups excluding carboxylic acids is 2. The number of nitrogens with one attached hydrogen (secondary N) is 3. The van der Waals surface area contributed by atoms with Crippen LogP contribution in [0.4, 0.5) is 0 Å². The molecule has 1 aromatic carbocycles. The first kappa shape index (κ1) is 14.6. The Morgan fingerprint density at radius 3 is 3.00 bits per heavy atom. The number of para-hydroxylation sites is 2. The summed E-state index contributed by atoms with van der Waals surface area (Å²) in [6.07, 6.45) is 2.13. The van der Waals surface area contributed by atoms with Crippen molar-refractivity contribution < 1.29 is 9.59 Å². The molecule has 0 aliphatic carbocycles. The number of nitrogens with zero attached hydrogens (tertiary/aromatic N) is 1. The van der Waals surface area contributed by atoms with Crippen LogP contribution in [0, 0.1) is 0 Å². The van der Waals surface area contributed by atoms with Crippen molar-refractivity contribution in [2.24, 2.45) is 0 Å². The monoisotopic (exact) mass is 300 g/mol. The maximum absolute atomic E-state index is 12.1. The number of carbonyl (C=O) groups is 2. The lowest BCUT2D eigenvalue weighted by Crippen LogP contribution is -2.54. The maximum atomic E-state index is 12.1. The first-order valence-electron chi connectivity index (χ1n) is 7.64. The van der Waals surface area contributed by atoms with Gasteiger partial charge in [-0.05, 0) is 25.5 Å². The van der Waals surface area contributed by atoms with Crippen molar-refractivity contribution >= 4 is 22.8 Å². The summed E-state index contributed by atoms with van der Waals surface area (Å²) in [6, 6.07) is 7.81. The van der Waals surface area contributed by atoms with Gasteiger partial charge >= 0.3 is 0 Å². The highest BCUT2D eigenvalue weighted by Crippen LogP contribution is 2.12. The maximum Gasteiger partial charge on any atom is 0.220 e. The fourth-order valence-corrected chi connectivity index (χ4v) is 2.80. The average molecular weight is 300 g/mol. The second-order valence-electron chi connectivity index (χ2n) is 5.77. The number of imidazole rings is 1. The molecule has 6 nitrogen and oxygen atoms in total. The normalized spacial score (nSPS) is 21.6. The van der Waals surface area contributed by atoms with Gasteiger partial charge in [-0.1, -0.05) is 12.1 Å². The fraction of sp³-hybridized carbons (Fsp3) is 0.438. The zero-order valence-electron chi connectivity index (χ0n) is 12.6. The average Bonchev–Trinajstić information content (AvgIpc) is 2.91. The number of amides is 2. The first-order valence-corrected chi connectivity index (χ1v) is 7.64. The minimum Gasteiger partial charge on any atom is -0.352 e. The van der Waals surface area contributed by atoms with Gasteiger partial charge in [-0.3, -0.25) is 9.59 Å². The van der Waals surface area contributed by atoms with Crippen molar-refractivity contribution in [3.63, 3.8) is 0 Å². The summed E-state index contributed by atoms with van der Waals surface area (Å²) in [5.41, 5.74) is 1.91. The molecule has 6 heteroatoms. The molecule has 1 aliphatic heterocycles. The highest BCUT2D eigenvalue weighted by atomic mass is 16.2. The molecule has 3 rings (SSSR count). The van der Waals surface area contributed by atoms with Crippen LogP contribution >= 0.6 is 0 Å². The molecule has 2 aromatic rings. The number of benzene rings is 1. The molecule has 3 N–H and O–H groups in total. The molecule has 0 saturated carbocycles. The Hall–Kier alpha value is -2.37. The molecule has 0 radical (unpaired) electrons. The second-order valence-corrected chi connectivity index (χ2v) is 5.77. The third-order valence-corrected chi connectivity index (χ3v) is 4.05. The van der Waals surface area contributed by atoms with E-state index in [1.165, 1.54) is 0 Å². The molecule has 1 fully saturated rings. The number of aromatic amines is 1. The third kappa shape index (κ3) is 3.27. The number of aromatic nitrogens is 2. The Bertz CT molecular complexity index is 661. The predicted molar refractivity (Wildman–Crippen MR) is 83.2 cm³/mol. The van der Waals surface area contributed by atoms with Crippen LogP contribution in [0.3, 0.4) is 0 Å². The van der Waals surface area contributed by atoms with Crippen LogP contribution in [0.15, 0.2) is 24.3 Å². The van der Waals surface area contributed by atoms with E-state index >= 15 is 0 Å². The van der Waals surface area contributed by atoms with Gasteiger partial charge in [-0.2, -0.15) is 0 Å². The summed E-state index contributed by atoms with van der Waals surface area (Å²) >= 11 is 0. The molecule has 116 valence electrons. The lowest BCUT2D eigenvalue weighted by molar-refractivity contribution is -0.126. The minimum atomic E-state index is -0.0172. The quantitative estimate of drug-likeness (QED) is 0.795. The first-order chi connectivity index (χ1) is 10.6. The standard InChI is InChI=1S/C16H20N4O2/c1-10-11(6-8-15(21)17-10)20-16(22)9-7-14-18-12-4-2-3-5-13(12)19-14/h2-5,10-11H,6-9H2,1H3,(H,17,21)(H,18,19)(H,20,22). The Labute approximate surface area is 128 Å². The zero-order valence-corrected chi connectivity index (χ0v) is 12.6. The molecular weight excluding hydrogens is 280 g/mol. The van der Waals surface area contributed by atoms with Crippen LogP contribution in [0.25, 0.3) is 11.0 Å². The van der Waals surface area contributed by atoms with Crippen LogP contribution in [0.2, 0.25) is 0 Å². The van der Waals surface area contributed by atoms with Gasteiger partial charge in [0, 0.05) is 31.3 Å². The van der Waals surface area contributed by atoms with Gasteiger partial charge in [0.2, 0.25) is 11.8 Å². The van der Waals surface area contributed by atoms with Gasteiger partial charge in [-0.25, -0.2) is 4.98 Å². The summed E-state index contributed by atoms with van der Waals surface area (Å²) in [7, 11) is 0. The number of hydrogen-bond donors (Lipinski definition) is 3. The summed E-state index contributed by atoms with van der Waals surface area (Å²) in [6.45, 7) is 1.92. The van der Waals surface area contributed by atoms with Crippen molar-refractivity contribution in [2.45, 2.75) is 44.7 Å². The van der Waals surface area contributed by atoms with Gasteiger partial charge in [0.25, 0.3) is 0 Å². The van der Waals surface area contributed by atoms with Crippen molar-refractivity contribution in [2.75, 3.05) is 0 Å². The Morgan fingerprint density at radius 1 is 1.41 bits per heavy atom. The molecule has 2 heterocycles. The van der Waals surface area contributed by atoms with Gasteiger partial charge in [0.1, 0.15) is 5.82 Å². The topological polar surface area (TPSA) is 86.9 Å². The van der Waals surface area contributed by atoms with E-state index in [2.05, 4.69) is 20.6 Å². The number of rotatable bonds is 4. The van der Waals surface area contributed by atoms with Crippen molar-refractivity contribution in [3.8, 4) is 0 Å². The highest BCUT2D eigenvalue weighted by Gasteiger charge is 2.26. The summed E-state index contributed by atoms with van der Waals surface area (Å²) in [4.78, 5) is 31.0. The second kappa shape index (κ2) is 6.17. The lowest BCUT2D eigenvalue weighted by Gasteiger charge is -2.30. The number of fused-ring (bicyclic) bond motifs is 1.